The number of aromatic nitrogens is 2. The lowest BCUT2D eigenvalue weighted by atomic mass is 9.91. The minimum Gasteiger partial charge on any atom is -0.389 e. The number of hydrogen-bond acceptors (Lipinski definition) is 4. The number of amides is 1. The highest BCUT2D eigenvalue weighted by atomic mass is 32.1. The van der Waals surface area contributed by atoms with Gasteiger partial charge in [0.1, 0.15) is 10.8 Å². The van der Waals surface area contributed by atoms with Crippen LogP contribution >= 0.6 is 12.2 Å². The summed E-state index contributed by atoms with van der Waals surface area (Å²) in [5, 5.41) is 7.40. The molecule has 2 unspecified atom stereocenters. The smallest absolute Gasteiger partial charge is 0.225 e. The minimum absolute atomic E-state index is 0.0677. The van der Waals surface area contributed by atoms with Gasteiger partial charge in [-0.15, -0.1) is 0 Å². The summed E-state index contributed by atoms with van der Waals surface area (Å²) >= 11 is 5.18. The normalized spacial score (nSPS) is 25.5. The molecule has 2 saturated heterocycles. The van der Waals surface area contributed by atoms with E-state index in [9.17, 15) is 4.79 Å². The van der Waals surface area contributed by atoms with E-state index < -0.39 is 0 Å². The molecular weight excluding hydrogens is 274 g/mol. The van der Waals surface area contributed by atoms with Crippen molar-refractivity contribution in [3.05, 3.63) is 11.3 Å². The summed E-state index contributed by atoms with van der Waals surface area (Å²) in [7, 11) is 1.90. The zero-order chi connectivity index (χ0) is 14.4. The molecule has 0 radical (unpaired) electrons. The third-order valence-corrected chi connectivity index (χ3v) is 4.52. The van der Waals surface area contributed by atoms with Gasteiger partial charge in [0.25, 0.3) is 0 Å². The van der Waals surface area contributed by atoms with Gasteiger partial charge < -0.3 is 16.0 Å². The number of hydrogen-bond donors (Lipinski definition) is 2. The fourth-order valence-corrected chi connectivity index (χ4v) is 3.72. The van der Waals surface area contributed by atoms with Gasteiger partial charge in [-0.05, 0) is 19.8 Å². The van der Waals surface area contributed by atoms with Gasteiger partial charge in [0, 0.05) is 20.1 Å². The van der Waals surface area contributed by atoms with E-state index in [4.69, 9.17) is 18.0 Å². The zero-order valence-corrected chi connectivity index (χ0v) is 12.5. The van der Waals surface area contributed by atoms with Crippen molar-refractivity contribution >= 4 is 28.9 Å². The van der Waals surface area contributed by atoms with Gasteiger partial charge in [0.2, 0.25) is 5.91 Å². The molecule has 0 aliphatic carbocycles. The Morgan fingerprint density at radius 2 is 2.30 bits per heavy atom. The molecule has 0 spiro atoms. The molecule has 2 aliphatic rings. The van der Waals surface area contributed by atoms with E-state index in [0.29, 0.717) is 11.5 Å². The second-order valence-corrected chi connectivity index (χ2v) is 5.97. The van der Waals surface area contributed by atoms with Crippen LogP contribution in [0.3, 0.4) is 0 Å². The molecule has 6 nitrogen and oxygen atoms in total. The highest BCUT2D eigenvalue weighted by Crippen LogP contribution is 2.34. The highest BCUT2D eigenvalue weighted by Gasteiger charge is 2.42. The van der Waals surface area contributed by atoms with Crippen molar-refractivity contribution in [3.8, 4) is 0 Å². The molecule has 2 fully saturated rings. The van der Waals surface area contributed by atoms with Gasteiger partial charge in [-0.2, -0.15) is 5.10 Å². The van der Waals surface area contributed by atoms with Crippen molar-refractivity contribution in [2.45, 2.75) is 25.8 Å². The number of nitrogens with two attached hydrogens (primary N) is 1. The Morgan fingerprint density at radius 1 is 1.55 bits per heavy atom. The van der Waals surface area contributed by atoms with Crippen molar-refractivity contribution in [3.63, 3.8) is 0 Å². The van der Waals surface area contributed by atoms with Crippen LogP contribution in [0.1, 0.15) is 24.1 Å². The summed E-state index contributed by atoms with van der Waals surface area (Å²) in [6, 6.07) is 0.180. The predicted octanol–water partition coefficient (Wildman–Crippen LogP) is 0.0775. The Balaban J connectivity index is 2.04. The Labute approximate surface area is 123 Å². The molecule has 1 amide bonds. The van der Waals surface area contributed by atoms with E-state index >= 15 is 0 Å². The van der Waals surface area contributed by atoms with Crippen molar-refractivity contribution in [1.29, 1.82) is 0 Å². The summed E-state index contributed by atoms with van der Waals surface area (Å²) in [6.45, 7) is 3.51. The Bertz CT molecular complexity index is 582. The van der Waals surface area contributed by atoms with E-state index in [1.54, 1.807) is 0 Å². The van der Waals surface area contributed by atoms with Crippen molar-refractivity contribution in [2.24, 2.45) is 18.7 Å². The lowest BCUT2D eigenvalue weighted by Crippen LogP contribution is -2.47. The number of thiocarbonyl (C=S) groups is 1. The predicted molar refractivity (Wildman–Crippen MR) is 80.7 cm³/mol. The number of rotatable bonds is 2. The number of piperidine rings is 1. The molecule has 3 heterocycles. The second-order valence-electron chi connectivity index (χ2n) is 5.53. The van der Waals surface area contributed by atoms with Crippen LogP contribution in [0.5, 0.6) is 0 Å². The van der Waals surface area contributed by atoms with E-state index in [1.807, 2.05) is 18.7 Å². The van der Waals surface area contributed by atoms with E-state index in [1.165, 1.54) is 0 Å². The van der Waals surface area contributed by atoms with Gasteiger partial charge in [-0.3, -0.25) is 9.48 Å². The second kappa shape index (κ2) is 4.73. The average molecular weight is 293 g/mol. The molecule has 2 atom stereocenters. The first-order valence-corrected chi connectivity index (χ1v) is 7.29. The number of nitrogens with one attached hydrogen (secondary N) is 1. The van der Waals surface area contributed by atoms with Crippen LogP contribution in [0, 0.1) is 12.8 Å². The highest BCUT2D eigenvalue weighted by molar-refractivity contribution is 7.80. The monoisotopic (exact) mass is 293 g/mol. The summed E-state index contributed by atoms with van der Waals surface area (Å²) in [5.74, 6) is 1.18. The first-order chi connectivity index (χ1) is 9.50. The van der Waals surface area contributed by atoms with Crippen molar-refractivity contribution in [1.82, 2.24) is 15.1 Å². The Morgan fingerprint density at radius 3 is 3.00 bits per heavy atom. The van der Waals surface area contributed by atoms with Crippen LogP contribution in [0.25, 0.3) is 0 Å². The average Bonchev–Trinajstić information content (AvgIpc) is 2.90. The molecule has 0 aromatic carbocycles. The number of carbonyl (C=O) groups excluding carboxylic acids is 1. The number of carbonyl (C=O) groups is 1. The first-order valence-electron chi connectivity index (χ1n) is 6.88. The molecule has 0 saturated carbocycles. The molecule has 1 aromatic heterocycles. The lowest BCUT2D eigenvalue weighted by Gasteiger charge is -2.37. The van der Waals surface area contributed by atoms with Crippen LogP contribution < -0.4 is 16.0 Å². The fraction of sp³-hybridized carbons (Fsp3) is 0.615. The molecule has 7 heteroatoms. The van der Waals surface area contributed by atoms with Crippen LogP contribution in [-0.2, 0) is 11.8 Å². The molecular formula is C13H19N5OS. The maximum absolute atomic E-state index is 11.9. The van der Waals surface area contributed by atoms with Gasteiger partial charge in [0.05, 0.1) is 23.2 Å². The number of fused-ring (bicyclic) bond motifs is 1. The van der Waals surface area contributed by atoms with Gasteiger partial charge >= 0.3 is 0 Å². The molecule has 1 aromatic rings. The topological polar surface area (TPSA) is 76.2 Å². The van der Waals surface area contributed by atoms with E-state index in [2.05, 4.69) is 15.3 Å². The van der Waals surface area contributed by atoms with Gasteiger partial charge in [-0.25, -0.2) is 0 Å². The lowest BCUT2D eigenvalue weighted by molar-refractivity contribution is -0.123. The van der Waals surface area contributed by atoms with Crippen molar-refractivity contribution in [2.75, 3.05) is 18.0 Å². The number of anilines is 1. The van der Waals surface area contributed by atoms with Gasteiger partial charge in [0.15, 0.2) is 0 Å². The van der Waals surface area contributed by atoms with Gasteiger partial charge in [-0.1, -0.05) is 12.2 Å². The summed E-state index contributed by atoms with van der Waals surface area (Å²) in [4.78, 5) is 14.5. The first kappa shape index (κ1) is 13.4. The van der Waals surface area contributed by atoms with Crippen LogP contribution in [-0.4, -0.2) is 39.8 Å². The zero-order valence-electron chi connectivity index (χ0n) is 11.7. The maximum atomic E-state index is 11.9. The molecule has 20 heavy (non-hydrogen) atoms. The standard InChI is InChI=1S/C13H19N5OS/c1-7-10(11(14)20)13(17(2)16-7)18-5-3-4-8-9(18)6-15-12(8)19/h8-9H,3-6H2,1-2H3,(H2,14,20)(H,15,19). The molecule has 0 bridgehead atoms. The van der Waals surface area contributed by atoms with Crippen molar-refractivity contribution < 1.29 is 4.79 Å². The molecule has 2 aliphatic heterocycles. The molecule has 3 rings (SSSR count). The summed E-state index contributed by atoms with van der Waals surface area (Å²) in [6.07, 6.45) is 1.95. The number of aryl methyl sites for hydroxylation is 2. The Hall–Kier alpha value is -1.63. The molecule has 3 N–H and O–H groups in total. The summed E-state index contributed by atoms with van der Waals surface area (Å²) in [5.41, 5.74) is 7.55. The fourth-order valence-electron chi connectivity index (χ4n) is 3.48. The maximum Gasteiger partial charge on any atom is 0.225 e. The van der Waals surface area contributed by atoms with E-state index in [-0.39, 0.29) is 17.9 Å². The van der Waals surface area contributed by atoms with E-state index in [0.717, 1.165) is 36.5 Å². The quantitative estimate of drug-likeness (QED) is 0.755. The Kier molecular flexibility index (Phi) is 3.16. The largest absolute Gasteiger partial charge is 0.389 e. The third-order valence-electron chi connectivity index (χ3n) is 4.31. The SMILES string of the molecule is Cc1nn(C)c(N2CCCC3C(=O)NCC32)c1C(N)=S. The van der Waals surface area contributed by atoms with Crippen LogP contribution in [0.15, 0.2) is 0 Å². The third kappa shape index (κ3) is 1.88. The van der Waals surface area contributed by atoms with Crippen LogP contribution in [0.4, 0.5) is 5.82 Å². The minimum atomic E-state index is 0.0677. The van der Waals surface area contributed by atoms with Crippen LogP contribution in [0.2, 0.25) is 0 Å². The summed E-state index contributed by atoms with van der Waals surface area (Å²) < 4.78 is 1.83. The number of nitrogens with zero attached hydrogens (tertiary/aromatic N) is 3. The molecule has 108 valence electrons.